The Balaban J connectivity index is 1.48. The summed E-state index contributed by atoms with van der Waals surface area (Å²) < 4.78 is 1.79. The number of aromatic nitrogens is 4. The highest BCUT2D eigenvalue weighted by Gasteiger charge is 2.23. The van der Waals surface area contributed by atoms with E-state index < -0.39 is 0 Å². The Morgan fingerprint density at radius 2 is 1.88 bits per heavy atom. The van der Waals surface area contributed by atoms with Gasteiger partial charge in [-0.15, -0.1) is 11.3 Å². The highest BCUT2D eigenvalue weighted by molar-refractivity contribution is 7.98. The molecule has 1 aliphatic carbocycles. The van der Waals surface area contributed by atoms with Gasteiger partial charge < -0.3 is 4.98 Å². The lowest BCUT2D eigenvalue weighted by Crippen LogP contribution is -2.22. The third kappa shape index (κ3) is 3.36. The topological polar surface area (TPSA) is 63.6 Å². The van der Waals surface area contributed by atoms with Gasteiger partial charge in [-0.25, -0.2) is 9.97 Å². The first-order valence-corrected chi connectivity index (χ1v) is 12.7. The minimum atomic E-state index is 0.0466. The van der Waals surface area contributed by atoms with Crippen molar-refractivity contribution >= 4 is 44.3 Å². The van der Waals surface area contributed by atoms with E-state index in [1.54, 1.807) is 27.7 Å². The number of hydrogen-bond acceptors (Lipinski definition) is 5. The number of rotatable bonds is 4. The fraction of sp³-hybridized carbons (Fsp3) is 0.240. The summed E-state index contributed by atoms with van der Waals surface area (Å²) in [6.07, 6.45) is 4.37. The second-order valence-corrected chi connectivity index (χ2v) is 10.3. The lowest BCUT2D eigenvalue weighted by atomic mass is 9.97. The number of aromatic amines is 1. The molecule has 160 valence electrons. The van der Waals surface area contributed by atoms with Gasteiger partial charge in [0.2, 0.25) is 0 Å². The minimum Gasteiger partial charge on any atom is -0.341 e. The van der Waals surface area contributed by atoms with Crippen LogP contribution in [-0.4, -0.2) is 19.5 Å². The van der Waals surface area contributed by atoms with Gasteiger partial charge in [0.25, 0.3) is 5.56 Å². The number of benzene rings is 2. The summed E-state index contributed by atoms with van der Waals surface area (Å²) in [5.74, 6) is 1.50. The lowest BCUT2D eigenvalue weighted by molar-refractivity contribution is 0.699. The average molecular weight is 459 g/mol. The third-order valence-corrected chi connectivity index (χ3v) is 8.16. The van der Waals surface area contributed by atoms with Crippen LogP contribution in [0.15, 0.2) is 58.5 Å². The van der Waals surface area contributed by atoms with Crippen LogP contribution in [0, 0.1) is 6.92 Å². The first-order valence-electron chi connectivity index (χ1n) is 10.9. The summed E-state index contributed by atoms with van der Waals surface area (Å²) in [6, 6.07) is 16.1. The Labute approximate surface area is 193 Å². The standard InChI is InChI=1S/C25H22N4OS2/c1-15-10-12-16(13-11-15)29-24(30)22-17-6-2-5-9-20(17)32-23(22)28-25(29)31-14-21-26-18-7-3-4-8-19(18)27-21/h3-4,7-8,10-13H,2,5-6,9,14H2,1H3,(H,26,27). The van der Waals surface area contributed by atoms with Crippen LogP contribution in [0.2, 0.25) is 0 Å². The van der Waals surface area contributed by atoms with Gasteiger partial charge in [0, 0.05) is 4.88 Å². The van der Waals surface area contributed by atoms with E-state index in [2.05, 4.69) is 11.9 Å². The van der Waals surface area contributed by atoms with E-state index in [4.69, 9.17) is 9.97 Å². The summed E-state index contributed by atoms with van der Waals surface area (Å²) in [4.78, 5) is 29.1. The summed E-state index contributed by atoms with van der Waals surface area (Å²) in [5.41, 5.74) is 5.27. The number of fused-ring (bicyclic) bond motifs is 4. The zero-order chi connectivity index (χ0) is 21.7. The van der Waals surface area contributed by atoms with E-state index in [1.165, 1.54) is 22.4 Å². The van der Waals surface area contributed by atoms with E-state index in [0.29, 0.717) is 10.9 Å². The Kier molecular flexibility index (Phi) is 4.88. The van der Waals surface area contributed by atoms with Gasteiger partial charge in [-0.2, -0.15) is 0 Å². The largest absolute Gasteiger partial charge is 0.341 e. The van der Waals surface area contributed by atoms with Gasteiger partial charge in [0.05, 0.1) is 27.9 Å². The molecule has 0 spiro atoms. The lowest BCUT2D eigenvalue weighted by Gasteiger charge is -2.13. The van der Waals surface area contributed by atoms with Crippen molar-refractivity contribution in [1.82, 2.24) is 19.5 Å². The smallest absolute Gasteiger partial charge is 0.267 e. The number of aryl methyl sites for hydroxylation is 3. The van der Waals surface area contributed by atoms with E-state index in [1.807, 2.05) is 48.5 Å². The molecule has 0 aliphatic heterocycles. The second-order valence-electron chi connectivity index (χ2n) is 8.25. The van der Waals surface area contributed by atoms with Crippen molar-refractivity contribution in [3.63, 3.8) is 0 Å². The van der Waals surface area contributed by atoms with E-state index >= 15 is 0 Å². The van der Waals surface area contributed by atoms with Gasteiger partial charge in [-0.05, 0) is 62.4 Å². The number of nitrogens with zero attached hydrogens (tertiary/aromatic N) is 3. The number of nitrogens with one attached hydrogen (secondary N) is 1. The number of thioether (sulfide) groups is 1. The first kappa shape index (κ1) is 19.8. The molecule has 0 unspecified atom stereocenters. The highest BCUT2D eigenvalue weighted by atomic mass is 32.2. The van der Waals surface area contributed by atoms with Crippen molar-refractivity contribution in [1.29, 1.82) is 0 Å². The van der Waals surface area contributed by atoms with Crippen molar-refractivity contribution in [3.05, 3.63) is 80.7 Å². The first-order chi connectivity index (χ1) is 15.7. The molecule has 5 aromatic rings. The molecular weight excluding hydrogens is 436 g/mol. The van der Waals surface area contributed by atoms with Crippen molar-refractivity contribution in [2.45, 2.75) is 43.5 Å². The zero-order valence-electron chi connectivity index (χ0n) is 17.7. The van der Waals surface area contributed by atoms with Crippen LogP contribution in [0.3, 0.4) is 0 Å². The Morgan fingerprint density at radius 3 is 2.72 bits per heavy atom. The number of imidazole rings is 1. The molecule has 1 aliphatic rings. The maximum Gasteiger partial charge on any atom is 0.267 e. The molecular formula is C25H22N4OS2. The fourth-order valence-electron chi connectivity index (χ4n) is 4.41. The predicted octanol–water partition coefficient (Wildman–Crippen LogP) is 5.80. The number of H-pyrrole nitrogens is 1. The maximum absolute atomic E-state index is 13.8. The van der Waals surface area contributed by atoms with E-state index in [9.17, 15) is 4.79 Å². The number of hydrogen-bond donors (Lipinski definition) is 1. The Morgan fingerprint density at radius 1 is 1.06 bits per heavy atom. The van der Waals surface area contributed by atoms with Crippen LogP contribution in [0.1, 0.15) is 34.7 Å². The molecule has 3 heterocycles. The predicted molar refractivity (Wildman–Crippen MR) is 132 cm³/mol. The molecule has 6 rings (SSSR count). The molecule has 0 amide bonds. The average Bonchev–Trinajstić information content (AvgIpc) is 3.39. The Hall–Kier alpha value is -2.90. The summed E-state index contributed by atoms with van der Waals surface area (Å²) >= 11 is 3.25. The number of thiophene rings is 1. The van der Waals surface area contributed by atoms with E-state index in [0.717, 1.165) is 52.0 Å². The van der Waals surface area contributed by atoms with Gasteiger partial charge in [-0.3, -0.25) is 9.36 Å². The van der Waals surface area contributed by atoms with Gasteiger partial charge in [0.15, 0.2) is 5.16 Å². The molecule has 0 radical (unpaired) electrons. The molecule has 1 N–H and O–H groups in total. The number of para-hydroxylation sites is 2. The van der Waals surface area contributed by atoms with Crippen LogP contribution in [0.25, 0.3) is 26.9 Å². The molecule has 2 aromatic carbocycles. The normalized spacial score (nSPS) is 13.7. The molecule has 0 atom stereocenters. The van der Waals surface area contributed by atoms with E-state index in [-0.39, 0.29) is 5.56 Å². The van der Waals surface area contributed by atoms with Crippen LogP contribution < -0.4 is 5.56 Å². The molecule has 0 bridgehead atoms. The molecule has 3 aromatic heterocycles. The summed E-state index contributed by atoms with van der Waals surface area (Å²) in [5, 5.41) is 1.53. The fourth-order valence-corrected chi connectivity index (χ4v) is 6.60. The molecule has 0 saturated heterocycles. The van der Waals surface area contributed by atoms with Crippen LogP contribution >= 0.6 is 23.1 Å². The van der Waals surface area contributed by atoms with Gasteiger partial charge in [0.1, 0.15) is 10.7 Å². The molecule has 0 saturated carbocycles. The van der Waals surface area contributed by atoms with Crippen LogP contribution in [-0.2, 0) is 18.6 Å². The zero-order valence-corrected chi connectivity index (χ0v) is 19.4. The van der Waals surface area contributed by atoms with Gasteiger partial charge in [-0.1, -0.05) is 41.6 Å². The maximum atomic E-state index is 13.8. The molecule has 5 nitrogen and oxygen atoms in total. The minimum absolute atomic E-state index is 0.0466. The molecule has 32 heavy (non-hydrogen) atoms. The van der Waals surface area contributed by atoms with Crippen LogP contribution in [0.4, 0.5) is 0 Å². The monoisotopic (exact) mass is 458 g/mol. The quantitative estimate of drug-likeness (QED) is 0.273. The highest BCUT2D eigenvalue weighted by Crippen LogP contribution is 2.35. The molecule has 0 fully saturated rings. The molecule has 7 heteroatoms. The van der Waals surface area contributed by atoms with Crippen LogP contribution in [0.5, 0.6) is 0 Å². The second kappa shape index (κ2) is 7.90. The van der Waals surface area contributed by atoms with Gasteiger partial charge >= 0.3 is 0 Å². The SMILES string of the molecule is Cc1ccc(-n2c(SCc3nc4ccccc4[nH]3)nc3sc4c(c3c2=O)CCCC4)cc1. The van der Waals surface area contributed by atoms with Crippen molar-refractivity contribution < 1.29 is 0 Å². The summed E-state index contributed by atoms with van der Waals surface area (Å²) in [7, 11) is 0. The van der Waals surface area contributed by atoms with Crippen molar-refractivity contribution in [2.24, 2.45) is 0 Å². The van der Waals surface area contributed by atoms with Crippen molar-refractivity contribution in [3.8, 4) is 5.69 Å². The third-order valence-electron chi connectivity index (χ3n) is 6.03. The Bertz CT molecular complexity index is 1480. The van der Waals surface area contributed by atoms with Crippen molar-refractivity contribution in [2.75, 3.05) is 0 Å². The summed E-state index contributed by atoms with van der Waals surface area (Å²) in [6.45, 7) is 2.06.